The molecule has 0 bridgehead atoms. The number of hydrogen-bond acceptors (Lipinski definition) is 3. The molecular formula is C24H13Cl2F10N3O2. The number of rotatable bonds is 5. The standard InChI is InChI=1S/C24H13Cl2F10N3O2/c1-39(20(41)14-6-3-7-37-18(14)26)13-5-2-4-11(8-13)19(40)38-17-15(22(28,29)30)9-12(10-16(17)25)21(27,23(31,32)33)24(34,35)36/h2-10H,1H3,(H,38,40). The number of hydrogen-bond donors (Lipinski definition) is 1. The molecule has 1 heterocycles. The van der Waals surface area contributed by atoms with Gasteiger partial charge in [-0.2, -0.15) is 39.5 Å². The van der Waals surface area contributed by atoms with E-state index in [2.05, 4.69) is 4.98 Å². The van der Waals surface area contributed by atoms with Crippen molar-refractivity contribution in [3.05, 3.63) is 87.2 Å². The van der Waals surface area contributed by atoms with Gasteiger partial charge in [0.15, 0.2) is 0 Å². The Hall–Kier alpha value is -3.59. The van der Waals surface area contributed by atoms with E-state index >= 15 is 0 Å². The van der Waals surface area contributed by atoms with Gasteiger partial charge < -0.3 is 10.2 Å². The monoisotopic (exact) mass is 635 g/mol. The number of anilines is 2. The van der Waals surface area contributed by atoms with Crippen LogP contribution in [0.2, 0.25) is 10.2 Å². The van der Waals surface area contributed by atoms with Gasteiger partial charge in [-0.1, -0.05) is 29.3 Å². The summed E-state index contributed by atoms with van der Waals surface area (Å²) in [6.45, 7) is 0. The van der Waals surface area contributed by atoms with E-state index < -0.39 is 69.5 Å². The Morgan fingerprint density at radius 1 is 0.854 bits per heavy atom. The number of halogens is 12. The minimum atomic E-state index is -6.72. The minimum Gasteiger partial charge on any atom is -0.320 e. The van der Waals surface area contributed by atoms with Gasteiger partial charge in [-0.05, 0) is 42.5 Å². The van der Waals surface area contributed by atoms with Crippen molar-refractivity contribution in [2.75, 3.05) is 17.3 Å². The number of pyridine rings is 1. The summed E-state index contributed by atoms with van der Waals surface area (Å²) in [4.78, 5) is 30.3. The zero-order chi connectivity index (χ0) is 31.1. The fourth-order valence-electron chi connectivity index (χ4n) is 3.53. The van der Waals surface area contributed by atoms with Gasteiger partial charge >= 0.3 is 24.2 Å². The molecule has 0 aliphatic carbocycles. The molecule has 2 aromatic carbocycles. The number of alkyl halides is 10. The van der Waals surface area contributed by atoms with Crippen molar-refractivity contribution in [3.8, 4) is 0 Å². The molecule has 0 spiro atoms. The molecule has 17 heteroatoms. The molecule has 0 radical (unpaired) electrons. The van der Waals surface area contributed by atoms with Gasteiger partial charge in [-0.25, -0.2) is 9.37 Å². The maximum absolute atomic E-state index is 14.5. The van der Waals surface area contributed by atoms with Crippen LogP contribution in [0.3, 0.4) is 0 Å². The van der Waals surface area contributed by atoms with Crippen LogP contribution in [0, 0.1) is 0 Å². The number of carbonyl (C=O) groups excluding carboxylic acids is 2. The summed E-state index contributed by atoms with van der Waals surface area (Å²) in [7, 11) is 1.27. The second-order valence-electron chi connectivity index (χ2n) is 8.24. The van der Waals surface area contributed by atoms with Gasteiger partial charge in [0.1, 0.15) is 5.15 Å². The molecule has 2 amide bonds. The Morgan fingerprint density at radius 3 is 2.00 bits per heavy atom. The zero-order valence-corrected chi connectivity index (χ0v) is 21.5. The van der Waals surface area contributed by atoms with Crippen LogP contribution in [0.15, 0.2) is 54.7 Å². The predicted octanol–water partition coefficient (Wildman–Crippen LogP) is 8.23. The fraction of sp³-hybridized carbons (Fsp3) is 0.208. The molecule has 3 aromatic rings. The molecule has 0 saturated carbocycles. The lowest BCUT2D eigenvalue weighted by atomic mass is 9.91. The Kier molecular flexibility index (Phi) is 8.57. The highest BCUT2D eigenvalue weighted by molar-refractivity contribution is 6.34. The average molecular weight is 636 g/mol. The highest BCUT2D eigenvalue weighted by Gasteiger charge is 2.73. The Balaban J connectivity index is 2.04. The first-order valence-corrected chi connectivity index (χ1v) is 11.5. The molecule has 0 atom stereocenters. The molecule has 0 aliphatic rings. The van der Waals surface area contributed by atoms with Gasteiger partial charge in [0.25, 0.3) is 11.8 Å². The summed E-state index contributed by atoms with van der Waals surface area (Å²) >= 11 is 11.5. The van der Waals surface area contributed by atoms with Crippen LogP contribution in [0.25, 0.3) is 0 Å². The maximum Gasteiger partial charge on any atom is 0.435 e. The van der Waals surface area contributed by atoms with E-state index in [0.717, 1.165) is 17.0 Å². The number of benzene rings is 2. The van der Waals surface area contributed by atoms with Gasteiger partial charge in [0.2, 0.25) is 0 Å². The lowest BCUT2D eigenvalue weighted by Gasteiger charge is -2.31. The quantitative estimate of drug-likeness (QED) is 0.227. The van der Waals surface area contributed by atoms with Crippen LogP contribution in [0.4, 0.5) is 55.3 Å². The van der Waals surface area contributed by atoms with E-state index in [1.807, 2.05) is 0 Å². The first kappa shape index (κ1) is 31.9. The zero-order valence-electron chi connectivity index (χ0n) is 19.9. The molecule has 1 N–H and O–H groups in total. The number of carbonyl (C=O) groups is 2. The van der Waals surface area contributed by atoms with Crippen LogP contribution in [-0.2, 0) is 11.8 Å². The van der Waals surface area contributed by atoms with Gasteiger partial charge in [0, 0.05) is 30.1 Å². The van der Waals surface area contributed by atoms with E-state index in [1.165, 1.54) is 37.5 Å². The first-order chi connectivity index (χ1) is 18.7. The van der Waals surface area contributed by atoms with Crippen molar-refractivity contribution in [2.45, 2.75) is 24.2 Å². The summed E-state index contributed by atoms with van der Waals surface area (Å²) in [6, 6.07) is 6.38. The van der Waals surface area contributed by atoms with E-state index in [1.54, 1.807) is 5.32 Å². The smallest absolute Gasteiger partial charge is 0.320 e. The SMILES string of the molecule is CN(C(=O)c1cccnc1Cl)c1cccc(C(=O)Nc2c(Cl)cc(C(F)(C(F)(F)F)C(F)(F)F)cc2C(F)(F)F)c1. The molecule has 0 saturated heterocycles. The summed E-state index contributed by atoms with van der Waals surface area (Å²) in [5.41, 5.74) is -12.8. The van der Waals surface area contributed by atoms with Crippen LogP contribution in [0.1, 0.15) is 31.8 Å². The van der Waals surface area contributed by atoms with E-state index in [9.17, 15) is 53.5 Å². The van der Waals surface area contributed by atoms with Crippen molar-refractivity contribution >= 4 is 46.4 Å². The average Bonchev–Trinajstić information content (AvgIpc) is 2.86. The summed E-state index contributed by atoms with van der Waals surface area (Å²) in [5.74, 6) is -2.05. The maximum atomic E-state index is 14.5. The molecule has 0 aliphatic heterocycles. The second-order valence-corrected chi connectivity index (χ2v) is 9.01. The van der Waals surface area contributed by atoms with Gasteiger partial charge in [0.05, 0.1) is 21.8 Å². The number of nitrogens with one attached hydrogen (secondary N) is 1. The Morgan fingerprint density at radius 2 is 1.46 bits per heavy atom. The molecular weight excluding hydrogens is 623 g/mol. The van der Waals surface area contributed by atoms with E-state index in [4.69, 9.17) is 23.2 Å². The third kappa shape index (κ3) is 6.20. The molecule has 41 heavy (non-hydrogen) atoms. The van der Waals surface area contributed by atoms with Crippen molar-refractivity contribution in [1.29, 1.82) is 0 Å². The third-order valence-electron chi connectivity index (χ3n) is 5.60. The lowest BCUT2D eigenvalue weighted by molar-refractivity contribution is -0.348. The van der Waals surface area contributed by atoms with Crippen molar-refractivity contribution in [3.63, 3.8) is 0 Å². The van der Waals surface area contributed by atoms with Crippen LogP contribution in [-0.4, -0.2) is 36.2 Å². The lowest BCUT2D eigenvalue weighted by Crippen LogP contribution is -2.50. The minimum absolute atomic E-state index is 0.0256. The second kappa shape index (κ2) is 11.0. The third-order valence-corrected chi connectivity index (χ3v) is 6.20. The van der Waals surface area contributed by atoms with Crippen LogP contribution < -0.4 is 10.2 Å². The number of aromatic nitrogens is 1. The van der Waals surface area contributed by atoms with Crippen LogP contribution in [0.5, 0.6) is 0 Å². The van der Waals surface area contributed by atoms with E-state index in [-0.39, 0.29) is 22.5 Å². The number of amides is 2. The van der Waals surface area contributed by atoms with Crippen molar-refractivity contribution in [2.24, 2.45) is 0 Å². The summed E-state index contributed by atoms with van der Waals surface area (Å²) < 4.78 is 135. The predicted molar refractivity (Wildman–Crippen MR) is 128 cm³/mol. The molecule has 0 unspecified atom stereocenters. The Bertz CT molecular complexity index is 1480. The summed E-state index contributed by atoms with van der Waals surface area (Å²) in [5, 5.41) is 0.0704. The fourth-order valence-corrected chi connectivity index (χ4v) is 4.00. The van der Waals surface area contributed by atoms with Crippen molar-refractivity contribution < 1.29 is 53.5 Å². The van der Waals surface area contributed by atoms with Gasteiger partial charge in [-0.15, -0.1) is 0 Å². The highest BCUT2D eigenvalue weighted by Crippen LogP contribution is 2.55. The molecule has 5 nitrogen and oxygen atoms in total. The molecule has 220 valence electrons. The highest BCUT2D eigenvalue weighted by atomic mass is 35.5. The number of nitrogens with zero attached hydrogens (tertiary/aromatic N) is 2. The topological polar surface area (TPSA) is 62.3 Å². The molecule has 3 rings (SSSR count). The van der Waals surface area contributed by atoms with E-state index in [0.29, 0.717) is 0 Å². The summed E-state index contributed by atoms with van der Waals surface area (Å²) in [6.07, 6.45) is -17.8. The molecule has 0 fully saturated rings. The Labute approximate surface area is 233 Å². The van der Waals surface area contributed by atoms with Crippen molar-refractivity contribution in [1.82, 2.24) is 4.98 Å². The normalized spacial score (nSPS) is 12.7. The van der Waals surface area contributed by atoms with Gasteiger partial charge in [-0.3, -0.25) is 9.59 Å². The molecule has 1 aromatic heterocycles. The van der Waals surface area contributed by atoms with Crippen LogP contribution >= 0.6 is 23.2 Å². The largest absolute Gasteiger partial charge is 0.435 e. The first-order valence-electron chi connectivity index (χ1n) is 10.7.